The van der Waals surface area contributed by atoms with E-state index in [1.807, 2.05) is 0 Å². The van der Waals surface area contributed by atoms with Gasteiger partial charge in [0.05, 0.1) is 19.3 Å². The number of nitrogens with zero attached hydrogens (tertiary/aromatic N) is 1. The lowest BCUT2D eigenvalue weighted by Crippen LogP contribution is -2.55. The van der Waals surface area contributed by atoms with Gasteiger partial charge >= 0.3 is 0 Å². The van der Waals surface area contributed by atoms with Gasteiger partial charge in [0.25, 0.3) is 0 Å². The van der Waals surface area contributed by atoms with Crippen molar-refractivity contribution in [2.24, 2.45) is 0 Å². The second-order valence-corrected chi connectivity index (χ2v) is 6.88. The SMILES string of the molecule is CCCCCC/C=C/CCCC1NC=C[N+]1(CC)CCNC(C)=O. The third kappa shape index (κ3) is 7.52. The summed E-state index contributed by atoms with van der Waals surface area (Å²) in [5.74, 6) is 0.0565. The van der Waals surface area contributed by atoms with Gasteiger partial charge in [-0.3, -0.25) is 9.28 Å². The summed E-state index contributed by atoms with van der Waals surface area (Å²) in [4.78, 5) is 11.1. The molecular weight excluding hydrogens is 298 g/mol. The highest BCUT2D eigenvalue weighted by atomic mass is 16.1. The Morgan fingerprint density at radius 3 is 2.58 bits per heavy atom. The van der Waals surface area contributed by atoms with E-state index in [9.17, 15) is 4.79 Å². The van der Waals surface area contributed by atoms with Crippen molar-refractivity contribution in [1.29, 1.82) is 0 Å². The van der Waals surface area contributed by atoms with E-state index in [1.54, 1.807) is 6.92 Å². The number of hydrogen-bond acceptors (Lipinski definition) is 2. The number of nitrogens with one attached hydrogen (secondary N) is 2. The van der Waals surface area contributed by atoms with E-state index >= 15 is 0 Å². The molecule has 0 aromatic carbocycles. The van der Waals surface area contributed by atoms with Gasteiger partial charge in [-0.05, 0) is 32.6 Å². The van der Waals surface area contributed by atoms with Gasteiger partial charge in [-0.25, -0.2) is 0 Å². The molecule has 0 aromatic rings. The zero-order valence-electron chi connectivity index (χ0n) is 16.0. The first kappa shape index (κ1) is 20.8. The van der Waals surface area contributed by atoms with E-state index in [0.29, 0.717) is 6.17 Å². The second-order valence-electron chi connectivity index (χ2n) is 6.88. The van der Waals surface area contributed by atoms with Crippen LogP contribution >= 0.6 is 0 Å². The Balaban J connectivity index is 2.25. The van der Waals surface area contributed by atoms with E-state index in [4.69, 9.17) is 0 Å². The van der Waals surface area contributed by atoms with Crippen LogP contribution in [0.25, 0.3) is 0 Å². The molecule has 0 fully saturated rings. The van der Waals surface area contributed by atoms with Crippen LogP contribution in [0.1, 0.15) is 72.1 Å². The first-order chi connectivity index (χ1) is 11.6. The number of carbonyl (C=O) groups is 1. The van der Waals surface area contributed by atoms with Gasteiger partial charge < -0.3 is 10.6 Å². The van der Waals surface area contributed by atoms with Crippen molar-refractivity contribution in [1.82, 2.24) is 10.6 Å². The summed E-state index contributed by atoms with van der Waals surface area (Å²) >= 11 is 0. The van der Waals surface area contributed by atoms with Gasteiger partial charge in [0.2, 0.25) is 5.91 Å². The van der Waals surface area contributed by atoms with Crippen LogP contribution in [-0.2, 0) is 4.79 Å². The van der Waals surface area contributed by atoms with Crippen LogP contribution in [0.5, 0.6) is 0 Å². The van der Waals surface area contributed by atoms with Gasteiger partial charge in [-0.15, -0.1) is 0 Å². The molecular formula is C20H38N3O+. The van der Waals surface area contributed by atoms with Crippen LogP contribution < -0.4 is 10.6 Å². The predicted octanol–water partition coefficient (Wildman–Crippen LogP) is 4.06. The summed E-state index contributed by atoms with van der Waals surface area (Å²) < 4.78 is 0.932. The Morgan fingerprint density at radius 2 is 1.92 bits per heavy atom. The molecule has 1 rings (SSSR count). The highest BCUT2D eigenvalue weighted by molar-refractivity contribution is 5.72. The van der Waals surface area contributed by atoms with Crippen molar-refractivity contribution in [2.45, 2.75) is 78.3 Å². The second kappa shape index (κ2) is 12.1. The highest BCUT2D eigenvalue weighted by Crippen LogP contribution is 2.22. The fourth-order valence-electron chi connectivity index (χ4n) is 3.40. The molecule has 4 heteroatoms. The summed E-state index contributed by atoms with van der Waals surface area (Å²) in [7, 11) is 0. The van der Waals surface area contributed by atoms with Crippen molar-refractivity contribution in [2.75, 3.05) is 19.6 Å². The van der Waals surface area contributed by atoms with Crippen LogP contribution in [-0.4, -0.2) is 36.2 Å². The number of hydrogen-bond donors (Lipinski definition) is 2. The number of likely N-dealkylation sites (N-methyl/N-ethyl adjacent to an activating group) is 1. The van der Waals surface area contributed by atoms with E-state index in [-0.39, 0.29) is 5.91 Å². The van der Waals surface area contributed by atoms with Crippen LogP contribution in [0.2, 0.25) is 0 Å². The number of carbonyl (C=O) groups excluding carboxylic acids is 1. The van der Waals surface area contributed by atoms with Crippen molar-refractivity contribution in [3.05, 3.63) is 24.6 Å². The minimum atomic E-state index is 0.0565. The molecule has 2 atom stereocenters. The van der Waals surface area contributed by atoms with E-state index in [2.05, 4.69) is 49.0 Å². The summed E-state index contributed by atoms with van der Waals surface area (Å²) in [6.45, 7) is 8.82. The van der Waals surface area contributed by atoms with Gasteiger partial charge in [0, 0.05) is 13.3 Å². The van der Waals surface area contributed by atoms with E-state index < -0.39 is 0 Å². The van der Waals surface area contributed by atoms with Crippen LogP contribution in [0.4, 0.5) is 0 Å². The molecule has 0 spiro atoms. The zero-order valence-corrected chi connectivity index (χ0v) is 16.0. The number of allylic oxidation sites excluding steroid dienone is 2. The summed E-state index contributed by atoms with van der Waals surface area (Å²) in [5.41, 5.74) is 0. The van der Waals surface area contributed by atoms with E-state index in [1.165, 1.54) is 51.4 Å². The number of rotatable bonds is 13. The number of amides is 1. The molecule has 0 aromatic heterocycles. The third-order valence-electron chi connectivity index (χ3n) is 5.01. The maximum atomic E-state index is 11.1. The molecule has 2 unspecified atom stereocenters. The molecule has 1 aliphatic heterocycles. The molecule has 4 nitrogen and oxygen atoms in total. The molecule has 0 saturated carbocycles. The molecule has 2 N–H and O–H groups in total. The summed E-state index contributed by atoms with van der Waals surface area (Å²) in [6.07, 6.45) is 19.7. The third-order valence-corrected chi connectivity index (χ3v) is 5.01. The van der Waals surface area contributed by atoms with Crippen LogP contribution in [0.3, 0.4) is 0 Å². The van der Waals surface area contributed by atoms with Crippen molar-refractivity contribution < 1.29 is 9.28 Å². The minimum absolute atomic E-state index is 0.0565. The number of quaternary nitrogens is 1. The molecule has 0 saturated heterocycles. The standard InChI is InChI=1S/C20H37N3O/c1-4-6-7-8-9-10-11-12-13-14-20-22-16-18-23(20,5-2)17-15-21-19(3)24/h10-11,16,18,20,22H,4-9,12-15,17H2,1-3H3/p+1/b11-10+. The van der Waals surface area contributed by atoms with Crippen molar-refractivity contribution in [3.63, 3.8) is 0 Å². The van der Waals surface area contributed by atoms with Gasteiger partial charge in [-0.2, -0.15) is 0 Å². The zero-order chi connectivity index (χ0) is 17.7. The Labute approximate surface area is 149 Å². The first-order valence-electron chi connectivity index (χ1n) is 9.84. The molecule has 1 amide bonds. The Hall–Kier alpha value is -1.29. The van der Waals surface area contributed by atoms with Crippen LogP contribution in [0, 0.1) is 0 Å². The summed E-state index contributed by atoms with van der Waals surface area (Å²) in [5, 5.41) is 6.45. The predicted molar refractivity (Wildman–Crippen MR) is 102 cm³/mol. The molecule has 0 aliphatic carbocycles. The monoisotopic (exact) mass is 336 g/mol. The van der Waals surface area contributed by atoms with Gasteiger partial charge in [0.1, 0.15) is 12.7 Å². The Morgan fingerprint density at radius 1 is 1.17 bits per heavy atom. The molecule has 0 bridgehead atoms. The average molecular weight is 337 g/mol. The Kier molecular flexibility index (Phi) is 10.5. The van der Waals surface area contributed by atoms with Crippen molar-refractivity contribution in [3.8, 4) is 0 Å². The fourth-order valence-corrected chi connectivity index (χ4v) is 3.40. The Bertz CT molecular complexity index is 406. The smallest absolute Gasteiger partial charge is 0.217 e. The van der Waals surface area contributed by atoms with Crippen molar-refractivity contribution >= 4 is 5.91 Å². The highest BCUT2D eigenvalue weighted by Gasteiger charge is 2.35. The lowest BCUT2D eigenvalue weighted by Gasteiger charge is -2.37. The quantitative estimate of drug-likeness (QED) is 0.302. The van der Waals surface area contributed by atoms with Gasteiger partial charge in [-0.1, -0.05) is 38.3 Å². The van der Waals surface area contributed by atoms with Gasteiger partial charge in [0.15, 0.2) is 6.17 Å². The maximum Gasteiger partial charge on any atom is 0.217 e. The topological polar surface area (TPSA) is 41.1 Å². The molecule has 24 heavy (non-hydrogen) atoms. The fraction of sp³-hybridized carbons (Fsp3) is 0.750. The average Bonchev–Trinajstić information content (AvgIpc) is 2.96. The number of unbranched alkanes of at least 4 members (excludes halogenated alkanes) is 5. The largest absolute Gasteiger partial charge is 0.351 e. The van der Waals surface area contributed by atoms with Crippen LogP contribution in [0.15, 0.2) is 24.6 Å². The normalized spacial score (nSPS) is 22.9. The molecule has 1 aliphatic rings. The minimum Gasteiger partial charge on any atom is -0.351 e. The van der Waals surface area contributed by atoms with E-state index in [0.717, 1.165) is 24.1 Å². The molecule has 1 heterocycles. The lowest BCUT2D eigenvalue weighted by molar-refractivity contribution is -0.898. The lowest BCUT2D eigenvalue weighted by atomic mass is 10.1. The maximum absolute atomic E-state index is 11.1. The first-order valence-corrected chi connectivity index (χ1v) is 9.84. The summed E-state index contributed by atoms with van der Waals surface area (Å²) in [6, 6.07) is 0. The molecule has 138 valence electrons. The molecule has 0 radical (unpaired) electrons.